The van der Waals surface area contributed by atoms with E-state index in [1.54, 1.807) is 0 Å². The van der Waals surface area contributed by atoms with Crippen molar-refractivity contribution in [1.82, 2.24) is 16.2 Å². The third-order valence-electron chi connectivity index (χ3n) is 2.69. The predicted octanol–water partition coefficient (Wildman–Crippen LogP) is 1.56. The standard InChI is InChI=1S/C15H15N3O2S2/c19-13(9-11-5-2-1-3-6-11)16-15(21)18-17-14(20)10-12-7-4-8-22-12/h1-8H,9-10H2,(H,17,20)(H2,16,18,19,21). The highest BCUT2D eigenvalue weighted by Crippen LogP contribution is 2.08. The van der Waals surface area contributed by atoms with Gasteiger partial charge in [-0.2, -0.15) is 0 Å². The van der Waals surface area contributed by atoms with E-state index in [2.05, 4.69) is 16.2 Å². The number of hydrogen-bond donors (Lipinski definition) is 3. The highest BCUT2D eigenvalue weighted by Gasteiger charge is 2.07. The summed E-state index contributed by atoms with van der Waals surface area (Å²) in [6.45, 7) is 0. The highest BCUT2D eigenvalue weighted by molar-refractivity contribution is 7.80. The molecule has 7 heteroatoms. The van der Waals surface area contributed by atoms with Crippen LogP contribution in [0.25, 0.3) is 0 Å². The molecule has 0 spiro atoms. The van der Waals surface area contributed by atoms with Gasteiger partial charge in [-0.1, -0.05) is 36.4 Å². The number of carbonyl (C=O) groups excluding carboxylic acids is 2. The minimum atomic E-state index is -0.240. The maximum Gasteiger partial charge on any atom is 0.243 e. The zero-order chi connectivity index (χ0) is 15.8. The zero-order valence-corrected chi connectivity index (χ0v) is 13.3. The van der Waals surface area contributed by atoms with Crippen LogP contribution >= 0.6 is 23.6 Å². The number of hydrazine groups is 1. The van der Waals surface area contributed by atoms with Gasteiger partial charge >= 0.3 is 0 Å². The summed E-state index contributed by atoms with van der Waals surface area (Å²) in [5.74, 6) is -0.460. The number of carbonyl (C=O) groups is 2. The summed E-state index contributed by atoms with van der Waals surface area (Å²) in [7, 11) is 0. The van der Waals surface area contributed by atoms with Crippen LogP contribution in [0.1, 0.15) is 10.4 Å². The molecule has 1 aromatic carbocycles. The van der Waals surface area contributed by atoms with Crippen LogP contribution in [0.15, 0.2) is 47.8 Å². The van der Waals surface area contributed by atoms with Gasteiger partial charge in [0.2, 0.25) is 11.8 Å². The first-order valence-electron chi connectivity index (χ1n) is 6.58. The van der Waals surface area contributed by atoms with Gasteiger partial charge in [-0.3, -0.25) is 20.4 Å². The molecule has 0 radical (unpaired) electrons. The lowest BCUT2D eigenvalue weighted by molar-refractivity contribution is -0.121. The van der Waals surface area contributed by atoms with E-state index in [1.165, 1.54) is 11.3 Å². The lowest BCUT2D eigenvalue weighted by Gasteiger charge is -2.10. The first kappa shape index (κ1) is 16.1. The molecule has 0 saturated heterocycles. The Bertz CT molecular complexity index is 642. The van der Waals surface area contributed by atoms with Gasteiger partial charge in [0.05, 0.1) is 12.8 Å². The Morgan fingerprint density at radius 3 is 2.41 bits per heavy atom. The Balaban J connectivity index is 1.69. The molecular formula is C15H15N3O2S2. The Morgan fingerprint density at radius 1 is 0.955 bits per heavy atom. The Labute approximate surface area is 137 Å². The number of thiophene rings is 1. The van der Waals surface area contributed by atoms with Crippen LogP contribution in [0.4, 0.5) is 0 Å². The Morgan fingerprint density at radius 2 is 1.73 bits per heavy atom. The zero-order valence-electron chi connectivity index (χ0n) is 11.7. The summed E-state index contributed by atoms with van der Waals surface area (Å²) in [5.41, 5.74) is 5.86. The Kier molecular flexibility index (Phi) is 6.05. The van der Waals surface area contributed by atoms with Gasteiger partial charge in [-0.05, 0) is 29.2 Å². The van der Waals surface area contributed by atoms with E-state index in [0.29, 0.717) is 0 Å². The summed E-state index contributed by atoms with van der Waals surface area (Å²) in [4.78, 5) is 24.4. The van der Waals surface area contributed by atoms with Gasteiger partial charge in [0.1, 0.15) is 0 Å². The summed E-state index contributed by atoms with van der Waals surface area (Å²) >= 11 is 6.46. The van der Waals surface area contributed by atoms with Crippen molar-refractivity contribution in [3.8, 4) is 0 Å². The van der Waals surface area contributed by atoms with Crippen molar-refractivity contribution < 1.29 is 9.59 Å². The fourth-order valence-corrected chi connectivity index (χ4v) is 2.59. The molecule has 114 valence electrons. The number of amides is 2. The molecule has 22 heavy (non-hydrogen) atoms. The van der Waals surface area contributed by atoms with Crippen molar-refractivity contribution >= 4 is 40.5 Å². The topological polar surface area (TPSA) is 70.2 Å². The van der Waals surface area contributed by atoms with Gasteiger partial charge in [0, 0.05) is 4.88 Å². The average molecular weight is 333 g/mol. The molecule has 0 aliphatic heterocycles. The van der Waals surface area contributed by atoms with Crippen molar-refractivity contribution in [1.29, 1.82) is 0 Å². The van der Waals surface area contributed by atoms with Gasteiger partial charge in [-0.15, -0.1) is 11.3 Å². The van der Waals surface area contributed by atoms with E-state index in [4.69, 9.17) is 12.2 Å². The SMILES string of the molecule is O=C(Cc1cccs1)NNC(=S)NC(=O)Cc1ccccc1. The van der Waals surface area contributed by atoms with E-state index in [0.717, 1.165) is 10.4 Å². The van der Waals surface area contributed by atoms with E-state index in [9.17, 15) is 9.59 Å². The first-order chi connectivity index (χ1) is 10.6. The van der Waals surface area contributed by atoms with Crippen LogP contribution in [0.2, 0.25) is 0 Å². The maximum absolute atomic E-state index is 11.8. The quantitative estimate of drug-likeness (QED) is 0.587. The van der Waals surface area contributed by atoms with E-state index >= 15 is 0 Å². The maximum atomic E-state index is 11.8. The van der Waals surface area contributed by atoms with Crippen molar-refractivity contribution in [3.05, 3.63) is 58.3 Å². The number of nitrogens with one attached hydrogen (secondary N) is 3. The molecule has 0 atom stereocenters. The first-order valence-corrected chi connectivity index (χ1v) is 7.87. The molecule has 0 saturated carbocycles. The second-order valence-electron chi connectivity index (χ2n) is 4.47. The van der Waals surface area contributed by atoms with Gasteiger partial charge in [0.25, 0.3) is 0 Å². The molecule has 2 amide bonds. The van der Waals surface area contributed by atoms with Gasteiger partial charge in [0.15, 0.2) is 5.11 Å². The fraction of sp³-hybridized carbons (Fsp3) is 0.133. The molecule has 0 aliphatic carbocycles. The smallest absolute Gasteiger partial charge is 0.243 e. The van der Waals surface area contributed by atoms with E-state index in [-0.39, 0.29) is 29.8 Å². The van der Waals surface area contributed by atoms with Crippen molar-refractivity contribution in [2.45, 2.75) is 12.8 Å². The summed E-state index contributed by atoms with van der Waals surface area (Å²) in [6.07, 6.45) is 0.497. The molecule has 0 bridgehead atoms. The van der Waals surface area contributed by atoms with Crippen LogP contribution < -0.4 is 16.2 Å². The third-order valence-corrected chi connectivity index (χ3v) is 3.77. The Hall–Kier alpha value is -2.25. The molecule has 1 heterocycles. The van der Waals surface area contributed by atoms with Crippen molar-refractivity contribution in [2.75, 3.05) is 0 Å². The van der Waals surface area contributed by atoms with Crippen LogP contribution in [0.3, 0.4) is 0 Å². The molecule has 2 rings (SSSR count). The summed E-state index contributed by atoms with van der Waals surface area (Å²) < 4.78 is 0. The average Bonchev–Trinajstić information content (AvgIpc) is 2.99. The van der Waals surface area contributed by atoms with Crippen LogP contribution in [0, 0.1) is 0 Å². The fourth-order valence-electron chi connectivity index (χ4n) is 1.73. The molecule has 0 fully saturated rings. The molecule has 3 N–H and O–H groups in total. The third kappa shape index (κ3) is 5.63. The monoisotopic (exact) mass is 333 g/mol. The highest BCUT2D eigenvalue weighted by atomic mass is 32.1. The second kappa shape index (κ2) is 8.26. The molecule has 1 aromatic heterocycles. The van der Waals surface area contributed by atoms with Crippen LogP contribution in [0.5, 0.6) is 0 Å². The number of hydrogen-bond acceptors (Lipinski definition) is 4. The number of rotatable bonds is 4. The lowest BCUT2D eigenvalue weighted by Crippen LogP contribution is -2.49. The second-order valence-corrected chi connectivity index (χ2v) is 5.91. The molecule has 5 nitrogen and oxygen atoms in total. The van der Waals surface area contributed by atoms with Crippen molar-refractivity contribution in [3.63, 3.8) is 0 Å². The van der Waals surface area contributed by atoms with E-state index in [1.807, 2.05) is 47.8 Å². The minimum absolute atomic E-state index is 0.0699. The number of thiocarbonyl (C=S) groups is 1. The molecular weight excluding hydrogens is 318 g/mol. The predicted molar refractivity (Wildman–Crippen MR) is 90.2 cm³/mol. The number of benzene rings is 1. The normalized spacial score (nSPS) is 9.82. The van der Waals surface area contributed by atoms with E-state index < -0.39 is 0 Å². The largest absolute Gasteiger partial charge is 0.302 e. The van der Waals surface area contributed by atoms with Gasteiger partial charge in [-0.25, -0.2) is 0 Å². The lowest BCUT2D eigenvalue weighted by atomic mass is 10.1. The molecule has 2 aromatic rings. The summed E-state index contributed by atoms with van der Waals surface area (Å²) in [6, 6.07) is 13.1. The molecule has 0 aliphatic rings. The minimum Gasteiger partial charge on any atom is -0.302 e. The van der Waals surface area contributed by atoms with Crippen LogP contribution in [-0.4, -0.2) is 16.9 Å². The van der Waals surface area contributed by atoms with Crippen LogP contribution in [-0.2, 0) is 22.4 Å². The van der Waals surface area contributed by atoms with Crippen molar-refractivity contribution in [2.24, 2.45) is 0 Å². The van der Waals surface area contributed by atoms with Gasteiger partial charge < -0.3 is 5.32 Å². The summed E-state index contributed by atoms with van der Waals surface area (Å²) in [5, 5.41) is 4.49. The molecule has 0 unspecified atom stereocenters.